The first-order valence-corrected chi connectivity index (χ1v) is 19.5. The standard InChI is InChI=1S/C36H45N3O9S2/c1-6-18-45-20-22-47-23-21-46-19-17-37-49(40,41)29-13-16-32(35(26-29)50(42,43)44)36-30-14-11-27(38(7-2)8-3)24-33(30)48-34-25-28(12-15-31(34)36)39(9-4)10-5/h1,11-16,24-26,37H,7-10,17-23H2,2-5H3. The molecule has 4 rings (SSSR count). The summed E-state index contributed by atoms with van der Waals surface area (Å²) in [4.78, 5) is 1.13. The van der Waals surface area contributed by atoms with E-state index in [1.165, 1.54) is 12.1 Å². The zero-order chi connectivity index (χ0) is 36.3. The van der Waals surface area contributed by atoms with Crippen LogP contribution in [0.2, 0.25) is 0 Å². The highest BCUT2D eigenvalue weighted by atomic mass is 32.2. The Morgan fingerprint density at radius 2 is 1.50 bits per heavy atom. The van der Waals surface area contributed by atoms with E-state index in [0.717, 1.165) is 43.3 Å². The fourth-order valence-corrected chi connectivity index (χ4v) is 7.54. The predicted molar refractivity (Wildman–Crippen MR) is 193 cm³/mol. The molecule has 12 nitrogen and oxygen atoms in total. The molecule has 50 heavy (non-hydrogen) atoms. The van der Waals surface area contributed by atoms with Gasteiger partial charge in [0.2, 0.25) is 15.4 Å². The Morgan fingerprint density at radius 1 is 0.840 bits per heavy atom. The largest absolute Gasteiger partial charge is 0.744 e. The van der Waals surface area contributed by atoms with Gasteiger partial charge in [0.1, 0.15) is 41.2 Å². The van der Waals surface area contributed by atoms with Gasteiger partial charge in [-0.15, -0.1) is 6.42 Å². The highest BCUT2D eigenvalue weighted by Gasteiger charge is 2.25. The van der Waals surface area contributed by atoms with Crippen LogP contribution < -0.4 is 19.6 Å². The molecule has 0 aromatic heterocycles. The van der Waals surface area contributed by atoms with Crippen molar-refractivity contribution in [1.29, 1.82) is 0 Å². The average molecular weight is 728 g/mol. The molecule has 0 spiro atoms. The van der Waals surface area contributed by atoms with E-state index < -0.39 is 25.0 Å². The molecule has 1 aliphatic carbocycles. The summed E-state index contributed by atoms with van der Waals surface area (Å²) in [5.41, 5.74) is 2.50. The lowest BCUT2D eigenvalue weighted by Gasteiger charge is -2.23. The van der Waals surface area contributed by atoms with Gasteiger partial charge in [0.25, 0.3) is 0 Å². The molecule has 2 aromatic rings. The van der Waals surface area contributed by atoms with Crippen LogP contribution in [0, 0.1) is 12.3 Å². The Kier molecular flexibility index (Phi) is 14.0. The van der Waals surface area contributed by atoms with Crippen molar-refractivity contribution in [2.45, 2.75) is 37.5 Å². The molecule has 0 fully saturated rings. The molecule has 2 aromatic carbocycles. The third-order valence-electron chi connectivity index (χ3n) is 8.22. The summed E-state index contributed by atoms with van der Waals surface area (Å²) < 4.78 is 91.8. The Morgan fingerprint density at radius 3 is 2.14 bits per heavy atom. The fourth-order valence-electron chi connectivity index (χ4n) is 5.71. The molecule has 1 heterocycles. The van der Waals surface area contributed by atoms with Crippen molar-refractivity contribution in [3.63, 3.8) is 0 Å². The highest BCUT2D eigenvalue weighted by molar-refractivity contribution is 7.89. The van der Waals surface area contributed by atoms with Gasteiger partial charge in [0.15, 0.2) is 0 Å². The summed E-state index contributed by atoms with van der Waals surface area (Å²) in [7, 11) is -9.36. The molecule has 270 valence electrons. The van der Waals surface area contributed by atoms with E-state index in [0.29, 0.717) is 41.1 Å². The van der Waals surface area contributed by atoms with E-state index in [2.05, 4.69) is 20.1 Å². The summed E-state index contributed by atoms with van der Waals surface area (Å²) in [6.45, 7) is 12.6. The minimum atomic E-state index is -5.15. The summed E-state index contributed by atoms with van der Waals surface area (Å²) in [5.74, 6) is 2.85. The third-order valence-corrected chi connectivity index (χ3v) is 10.6. The number of terminal acetylenes is 1. The number of nitrogens with zero attached hydrogens (tertiary/aromatic N) is 2. The first-order chi connectivity index (χ1) is 24.0. The number of sulfonamides is 1. The molecule has 1 aliphatic heterocycles. The van der Waals surface area contributed by atoms with Crippen LogP contribution in [0.15, 0.2) is 68.8 Å². The Labute approximate surface area is 294 Å². The second-order valence-corrected chi connectivity index (χ2v) is 14.3. The van der Waals surface area contributed by atoms with E-state index in [1.54, 1.807) is 0 Å². The normalized spacial score (nSPS) is 12.0. The summed E-state index contributed by atoms with van der Waals surface area (Å²) in [6, 6.07) is 14.9. The number of fused-ring (bicyclic) bond motifs is 2. The van der Waals surface area contributed by atoms with Gasteiger partial charge in [-0.05, 0) is 58.0 Å². The maximum Gasteiger partial charge on any atom is 0.240 e. The van der Waals surface area contributed by atoms with Gasteiger partial charge < -0.3 is 28.1 Å². The lowest BCUT2D eigenvalue weighted by atomic mass is 9.93. The van der Waals surface area contributed by atoms with E-state index in [4.69, 9.17) is 25.1 Å². The van der Waals surface area contributed by atoms with Crippen LogP contribution in [-0.4, -0.2) is 93.8 Å². The van der Waals surface area contributed by atoms with Crippen LogP contribution in [0.5, 0.6) is 0 Å². The van der Waals surface area contributed by atoms with Gasteiger partial charge in [-0.3, -0.25) is 0 Å². The Balaban J connectivity index is 1.72. The lowest BCUT2D eigenvalue weighted by molar-refractivity contribution is 0.0215. The number of hydrogen-bond donors (Lipinski definition) is 1. The zero-order valence-electron chi connectivity index (χ0n) is 28.9. The number of nitrogens with one attached hydrogen (secondary N) is 1. The number of benzene rings is 3. The van der Waals surface area contributed by atoms with Gasteiger partial charge in [-0.25, -0.2) is 26.1 Å². The SMILES string of the molecule is C#CCOCCOCCOCCNS(=O)(=O)c1ccc(-c2c3ccc(=[N+](CC)CC)cc-3oc3cc(N(CC)CC)ccc23)c(S(=O)(=O)[O-])c1. The molecule has 0 radical (unpaired) electrons. The van der Waals surface area contributed by atoms with Crippen molar-refractivity contribution in [3.8, 4) is 34.8 Å². The topological polar surface area (TPSA) is 150 Å². The molecule has 0 unspecified atom stereocenters. The van der Waals surface area contributed by atoms with Crippen LogP contribution >= 0.6 is 0 Å². The number of rotatable bonds is 19. The van der Waals surface area contributed by atoms with Crippen LogP contribution in [0.1, 0.15) is 27.7 Å². The summed E-state index contributed by atoms with van der Waals surface area (Å²) >= 11 is 0. The molecule has 1 N–H and O–H groups in total. The van der Waals surface area contributed by atoms with E-state index in [9.17, 15) is 21.4 Å². The van der Waals surface area contributed by atoms with Crippen molar-refractivity contribution in [2.75, 3.05) is 77.3 Å². The maximum absolute atomic E-state index is 13.2. The highest BCUT2D eigenvalue weighted by Crippen LogP contribution is 2.43. The molecule has 0 saturated heterocycles. The van der Waals surface area contributed by atoms with Crippen molar-refractivity contribution in [1.82, 2.24) is 9.30 Å². The van der Waals surface area contributed by atoms with Crippen molar-refractivity contribution >= 4 is 36.8 Å². The van der Waals surface area contributed by atoms with Crippen molar-refractivity contribution < 1.29 is 40.0 Å². The maximum atomic E-state index is 13.2. The molecule has 0 bridgehead atoms. The van der Waals surface area contributed by atoms with Gasteiger partial charge in [-0.1, -0.05) is 12.0 Å². The van der Waals surface area contributed by atoms with Crippen molar-refractivity contribution in [2.24, 2.45) is 0 Å². The van der Waals surface area contributed by atoms with Gasteiger partial charge in [-0.2, -0.15) is 0 Å². The smallest absolute Gasteiger partial charge is 0.240 e. The quantitative estimate of drug-likeness (QED) is 0.0498. The minimum absolute atomic E-state index is 0.0391. The zero-order valence-corrected chi connectivity index (χ0v) is 30.6. The first kappa shape index (κ1) is 39.0. The molecule has 0 atom stereocenters. The van der Waals surface area contributed by atoms with Gasteiger partial charge in [0, 0.05) is 59.5 Å². The van der Waals surface area contributed by atoms with E-state index >= 15 is 0 Å². The van der Waals surface area contributed by atoms with Crippen LogP contribution in [0.4, 0.5) is 5.69 Å². The van der Waals surface area contributed by atoms with Crippen molar-refractivity contribution in [3.05, 3.63) is 60.0 Å². The number of ether oxygens (including phenoxy) is 3. The summed E-state index contributed by atoms with van der Waals surface area (Å²) in [6.07, 6.45) is 5.11. The fraction of sp³-hybridized carbons (Fsp3) is 0.417. The van der Waals surface area contributed by atoms with Gasteiger partial charge in [0.05, 0.1) is 48.9 Å². The Bertz CT molecular complexity index is 2060. The van der Waals surface area contributed by atoms with Crippen LogP contribution in [0.3, 0.4) is 0 Å². The Hall–Kier alpha value is -3.81. The second kappa shape index (κ2) is 17.9. The monoisotopic (exact) mass is 727 g/mol. The second-order valence-electron chi connectivity index (χ2n) is 11.2. The van der Waals surface area contributed by atoms with Crippen LogP contribution in [0.25, 0.3) is 33.4 Å². The predicted octanol–water partition coefficient (Wildman–Crippen LogP) is 3.73. The third kappa shape index (κ3) is 9.49. The van der Waals surface area contributed by atoms with E-state index in [-0.39, 0.29) is 43.4 Å². The van der Waals surface area contributed by atoms with E-state index in [1.807, 2.05) is 64.1 Å². The molecular formula is C36H45N3O9S2. The number of anilines is 1. The van der Waals surface area contributed by atoms with Gasteiger partial charge >= 0.3 is 0 Å². The molecule has 0 saturated carbocycles. The molecular weight excluding hydrogens is 683 g/mol. The minimum Gasteiger partial charge on any atom is -0.744 e. The summed E-state index contributed by atoms with van der Waals surface area (Å²) in [5, 5.41) is 1.49. The number of hydrogen-bond acceptors (Lipinski definition) is 10. The molecule has 0 amide bonds. The molecule has 2 aliphatic rings. The average Bonchev–Trinajstić information content (AvgIpc) is 3.10. The first-order valence-electron chi connectivity index (χ1n) is 16.6. The van der Waals surface area contributed by atoms with Crippen LogP contribution in [-0.2, 0) is 34.4 Å². The molecule has 14 heteroatoms. The lowest BCUT2D eigenvalue weighted by Crippen LogP contribution is -2.29.